The lowest BCUT2D eigenvalue weighted by molar-refractivity contribution is -0.120. The minimum atomic E-state index is -0.985. The first-order valence-electron chi connectivity index (χ1n) is 8.80. The van der Waals surface area contributed by atoms with Crippen LogP contribution < -0.4 is 10.9 Å². The lowest BCUT2D eigenvalue weighted by atomic mass is 9.90. The van der Waals surface area contributed by atoms with E-state index in [1.807, 2.05) is 13.8 Å². The number of aliphatic hydroxyl groups excluding tert-OH is 1. The number of hydrogen-bond donors (Lipinski definition) is 2. The Morgan fingerprint density at radius 2 is 2.14 bits per heavy atom. The number of carbonyl (C=O) groups excluding carboxylic acids is 1. The Balaban J connectivity index is 2.33. The van der Waals surface area contributed by atoms with E-state index in [2.05, 4.69) is 16.4 Å². The first-order valence-corrected chi connectivity index (χ1v) is 10.2. The van der Waals surface area contributed by atoms with Crippen molar-refractivity contribution in [2.24, 2.45) is 5.92 Å². The van der Waals surface area contributed by atoms with Gasteiger partial charge in [-0.05, 0) is 38.0 Å². The zero-order valence-corrected chi connectivity index (χ0v) is 17.8. The van der Waals surface area contributed by atoms with Gasteiger partial charge < -0.3 is 10.4 Å². The summed E-state index contributed by atoms with van der Waals surface area (Å²) < 4.78 is 1.35. The van der Waals surface area contributed by atoms with Gasteiger partial charge in [0.05, 0.1) is 35.4 Å². The van der Waals surface area contributed by atoms with E-state index < -0.39 is 11.6 Å². The molecular formula is C19H23ClN4O3S. The zero-order valence-electron chi connectivity index (χ0n) is 16.2. The van der Waals surface area contributed by atoms with Gasteiger partial charge in [-0.15, -0.1) is 0 Å². The van der Waals surface area contributed by atoms with Crippen LogP contribution in [0.4, 0.5) is 0 Å². The number of aliphatic hydroxyl groups is 1. The molecule has 1 aromatic carbocycles. The Labute approximate surface area is 172 Å². The molecule has 2 atom stereocenters. The van der Waals surface area contributed by atoms with E-state index in [1.54, 1.807) is 32.0 Å². The van der Waals surface area contributed by atoms with Crippen LogP contribution in [-0.2, 0) is 11.3 Å². The molecule has 0 unspecified atom stereocenters. The number of benzene rings is 1. The molecule has 7 nitrogen and oxygen atoms in total. The van der Waals surface area contributed by atoms with Crippen molar-refractivity contribution < 1.29 is 9.90 Å². The number of nitriles is 1. The van der Waals surface area contributed by atoms with Gasteiger partial charge >= 0.3 is 0 Å². The number of thioether (sulfide) groups is 1. The van der Waals surface area contributed by atoms with Crippen LogP contribution in [0.2, 0.25) is 5.02 Å². The third-order valence-corrected chi connectivity index (χ3v) is 5.66. The SMILES string of the molecule is CC(C)[C@](C)(C#N)NC(=O)CSc1nc2cc(Cl)ccc2c(=O)n1C[C@H](C)O. The van der Waals surface area contributed by atoms with Crippen molar-refractivity contribution in [3.8, 4) is 6.07 Å². The average Bonchev–Trinajstić information content (AvgIpc) is 2.61. The van der Waals surface area contributed by atoms with Crippen LogP contribution in [-0.4, -0.2) is 38.0 Å². The summed E-state index contributed by atoms with van der Waals surface area (Å²) in [6, 6.07) is 6.90. The summed E-state index contributed by atoms with van der Waals surface area (Å²) in [7, 11) is 0. The molecule has 2 rings (SSSR count). The lowest BCUT2D eigenvalue weighted by Gasteiger charge is -2.27. The Hall–Kier alpha value is -2.08. The van der Waals surface area contributed by atoms with Gasteiger partial charge in [0.2, 0.25) is 5.91 Å². The highest BCUT2D eigenvalue weighted by Crippen LogP contribution is 2.21. The number of fused-ring (bicyclic) bond motifs is 1. The van der Waals surface area contributed by atoms with Gasteiger partial charge in [0.1, 0.15) is 5.54 Å². The summed E-state index contributed by atoms with van der Waals surface area (Å²) in [5.74, 6) is -0.435. The van der Waals surface area contributed by atoms with Crippen LogP contribution in [0.15, 0.2) is 28.2 Å². The second kappa shape index (κ2) is 8.95. The van der Waals surface area contributed by atoms with Crippen molar-refractivity contribution in [2.45, 2.75) is 51.0 Å². The fraction of sp³-hybridized carbons (Fsp3) is 0.474. The highest BCUT2D eigenvalue weighted by molar-refractivity contribution is 7.99. The standard InChI is InChI=1S/C19H23ClN4O3S/c1-11(2)19(4,10-21)23-16(26)9-28-18-22-15-7-13(20)5-6-14(15)17(27)24(18)8-12(3)25/h5-7,11-12,25H,8-9H2,1-4H3,(H,23,26)/t12-,19-/m0/s1. The number of rotatable bonds is 7. The second-order valence-electron chi connectivity index (χ2n) is 7.13. The monoisotopic (exact) mass is 422 g/mol. The van der Waals surface area contributed by atoms with Gasteiger partial charge in [0.15, 0.2) is 5.16 Å². The largest absolute Gasteiger partial charge is 0.392 e. The number of hydrogen-bond acceptors (Lipinski definition) is 6. The summed E-state index contributed by atoms with van der Waals surface area (Å²) in [4.78, 5) is 29.6. The van der Waals surface area contributed by atoms with Crippen LogP contribution in [0.5, 0.6) is 0 Å². The number of nitrogens with one attached hydrogen (secondary N) is 1. The molecule has 0 aliphatic rings. The van der Waals surface area contributed by atoms with Crippen molar-refractivity contribution >= 4 is 40.2 Å². The van der Waals surface area contributed by atoms with Gasteiger partial charge in [-0.3, -0.25) is 14.2 Å². The molecule has 28 heavy (non-hydrogen) atoms. The van der Waals surface area contributed by atoms with E-state index in [-0.39, 0.29) is 29.7 Å². The van der Waals surface area contributed by atoms with Crippen molar-refractivity contribution in [3.63, 3.8) is 0 Å². The quantitative estimate of drug-likeness (QED) is 0.524. The predicted molar refractivity (Wildman–Crippen MR) is 110 cm³/mol. The van der Waals surface area contributed by atoms with Crippen LogP contribution in [0.25, 0.3) is 10.9 Å². The Morgan fingerprint density at radius 1 is 1.46 bits per heavy atom. The number of carbonyl (C=O) groups is 1. The molecule has 2 aromatic rings. The minimum absolute atomic E-state index is 0.0255. The molecule has 1 aromatic heterocycles. The normalized spacial score (nSPS) is 14.5. The maximum absolute atomic E-state index is 12.8. The molecule has 1 amide bonds. The third-order valence-electron chi connectivity index (χ3n) is 4.45. The van der Waals surface area contributed by atoms with Gasteiger partial charge in [0, 0.05) is 5.02 Å². The second-order valence-corrected chi connectivity index (χ2v) is 8.51. The fourth-order valence-corrected chi connectivity index (χ4v) is 3.44. The summed E-state index contributed by atoms with van der Waals surface area (Å²) in [5, 5.41) is 23.0. The molecule has 1 heterocycles. The summed E-state index contributed by atoms with van der Waals surface area (Å²) in [5.41, 5.74) is -0.873. The zero-order chi connectivity index (χ0) is 21.1. The van der Waals surface area contributed by atoms with Crippen molar-refractivity contribution in [1.29, 1.82) is 5.26 Å². The van der Waals surface area contributed by atoms with E-state index in [9.17, 15) is 20.0 Å². The molecule has 0 aliphatic heterocycles. The van der Waals surface area contributed by atoms with E-state index in [0.29, 0.717) is 21.1 Å². The van der Waals surface area contributed by atoms with Crippen molar-refractivity contribution in [1.82, 2.24) is 14.9 Å². The van der Waals surface area contributed by atoms with Crippen LogP contribution in [0.1, 0.15) is 27.7 Å². The van der Waals surface area contributed by atoms with Gasteiger partial charge in [-0.2, -0.15) is 5.26 Å². The topological polar surface area (TPSA) is 108 Å². The van der Waals surface area contributed by atoms with E-state index in [0.717, 1.165) is 11.8 Å². The van der Waals surface area contributed by atoms with Crippen LogP contribution >= 0.6 is 23.4 Å². The highest BCUT2D eigenvalue weighted by Gasteiger charge is 2.30. The molecule has 0 aliphatic carbocycles. The molecule has 0 radical (unpaired) electrons. The summed E-state index contributed by atoms with van der Waals surface area (Å²) in [6.45, 7) is 6.99. The number of aromatic nitrogens is 2. The molecular weight excluding hydrogens is 400 g/mol. The van der Waals surface area contributed by atoms with E-state index in [1.165, 1.54) is 4.57 Å². The smallest absolute Gasteiger partial charge is 0.262 e. The van der Waals surface area contributed by atoms with Crippen LogP contribution in [0, 0.1) is 17.2 Å². The predicted octanol–water partition coefficient (Wildman–Crippen LogP) is 2.58. The third kappa shape index (κ3) is 5.04. The van der Waals surface area contributed by atoms with Crippen molar-refractivity contribution in [2.75, 3.05) is 5.75 Å². The molecule has 150 valence electrons. The number of amides is 1. The Morgan fingerprint density at radius 3 is 2.71 bits per heavy atom. The maximum Gasteiger partial charge on any atom is 0.262 e. The van der Waals surface area contributed by atoms with Crippen LogP contribution in [0.3, 0.4) is 0 Å². The molecule has 0 spiro atoms. The summed E-state index contributed by atoms with van der Waals surface area (Å²) >= 11 is 7.07. The van der Waals surface area contributed by atoms with Crippen molar-refractivity contribution in [3.05, 3.63) is 33.6 Å². The maximum atomic E-state index is 12.8. The fourth-order valence-electron chi connectivity index (χ4n) is 2.47. The molecule has 0 saturated heterocycles. The molecule has 0 saturated carbocycles. The minimum Gasteiger partial charge on any atom is -0.392 e. The Bertz CT molecular complexity index is 984. The Kier molecular flexibility index (Phi) is 7.10. The molecule has 0 fully saturated rings. The number of nitrogens with zero attached hydrogens (tertiary/aromatic N) is 3. The molecule has 9 heteroatoms. The average molecular weight is 423 g/mol. The van der Waals surface area contributed by atoms with Gasteiger partial charge in [0.25, 0.3) is 5.56 Å². The summed E-state index contributed by atoms with van der Waals surface area (Å²) in [6.07, 6.45) is -0.764. The van der Waals surface area contributed by atoms with Gasteiger partial charge in [-0.25, -0.2) is 4.98 Å². The van der Waals surface area contributed by atoms with Gasteiger partial charge in [-0.1, -0.05) is 37.2 Å². The number of halogens is 1. The first-order chi connectivity index (χ1) is 13.1. The van der Waals surface area contributed by atoms with E-state index >= 15 is 0 Å². The van der Waals surface area contributed by atoms with E-state index in [4.69, 9.17) is 11.6 Å². The molecule has 2 N–H and O–H groups in total. The lowest BCUT2D eigenvalue weighted by Crippen LogP contribution is -2.49. The highest BCUT2D eigenvalue weighted by atomic mass is 35.5. The first kappa shape index (κ1) is 22.2. The molecule has 0 bridgehead atoms.